The maximum atomic E-state index is 12.1. The van der Waals surface area contributed by atoms with Gasteiger partial charge < -0.3 is 10.0 Å². The average Bonchev–Trinajstić information content (AvgIpc) is 2.74. The Kier molecular flexibility index (Phi) is 4.41. The minimum Gasteiger partial charge on any atom is -0.478 e. The molecule has 2 rings (SSSR count). The van der Waals surface area contributed by atoms with Crippen LogP contribution in [0.25, 0.3) is 6.08 Å². The first-order chi connectivity index (χ1) is 10.4. The Bertz CT molecular complexity index is 685. The summed E-state index contributed by atoms with van der Waals surface area (Å²) >= 11 is 0. The van der Waals surface area contributed by atoms with Crippen molar-refractivity contribution in [1.82, 2.24) is 4.90 Å². The maximum absolute atomic E-state index is 12.1. The van der Waals surface area contributed by atoms with Crippen LogP contribution in [0.2, 0.25) is 0 Å². The zero-order valence-electron chi connectivity index (χ0n) is 12.6. The van der Waals surface area contributed by atoms with Crippen LogP contribution >= 0.6 is 0 Å². The lowest BCUT2D eigenvalue weighted by atomic mass is 10.1. The van der Waals surface area contributed by atoms with E-state index in [4.69, 9.17) is 5.11 Å². The maximum Gasteiger partial charge on any atom is 0.328 e. The Morgan fingerprint density at radius 1 is 1.27 bits per heavy atom. The monoisotopic (exact) mass is 299 g/mol. The highest BCUT2D eigenvalue weighted by atomic mass is 16.4. The zero-order chi connectivity index (χ0) is 16.3. The van der Waals surface area contributed by atoms with Gasteiger partial charge in [-0.15, -0.1) is 0 Å². The third-order valence-electron chi connectivity index (χ3n) is 3.19. The van der Waals surface area contributed by atoms with Crippen LogP contribution in [0.15, 0.2) is 47.1 Å². The Hall–Kier alpha value is -2.89. The first-order valence-corrected chi connectivity index (χ1v) is 6.65. The quantitative estimate of drug-likeness (QED) is 0.857. The molecule has 0 aromatic heterocycles. The van der Waals surface area contributed by atoms with Crippen LogP contribution in [0, 0.1) is 0 Å². The Morgan fingerprint density at radius 3 is 2.45 bits per heavy atom. The third-order valence-corrected chi connectivity index (χ3v) is 3.19. The van der Waals surface area contributed by atoms with Crippen molar-refractivity contribution in [2.24, 2.45) is 4.99 Å². The predicted molar refractivity (Wildman–Crippen MR) is 85.7 cm³/mol. The number of aliphatic carboxylic acids is 1. The molecule has 6 heteroatoms. The number of carbonyl (C=O) groups is 2. The van der Waals surface area contributed by atoms with Crippen LogP contribution in [0.3, 0.4) is 0 Å². The summed E-state index contributed by atoms with van der Waals surface area (Å²) in [6.45, 7) is 0. The summed E-state index contributed by atoms with van der Waals surface area (Å²) in [6.07, 6.45) is 3.94. The molecular formula is C16H17N3O3. The van der Waals surface area contributed by atoms with E-state index in [9.17, 15) is 9.59 Å². The number of anilines is 1. The lowest BCUT2D eigenvalue weighted by Crippen LogP contribution is -2.26. The van der Waals surface area contributed by atoms with Gasteiger partial charge in [-0.1, -0.05) is 12.1 Å². The number of benzene rings is 1. The fourth-order valence-electron chi connectivity index (χ4n) is 1.94. The van der Waals surface area contributed by atoms with Gasteiger partial charge in [0.05, 0.1) is 0 Å². The molecular weight excluding hydrogens is 282 g/mol. The first-order valence-electron chi connectivity index (χ1n) is 6.65. The van der Waals surface area contributed by atoms with Gasteiger partial charge in [0.15, 0.2) is 0 Å². The number of rotatable bonds is 4. The molecule has 0 bridgehead atoms. The molecule has 0 aliphatic carbocycles. The lowest BCUT2D eigenvalue weighted by molar-refractivity contribution is -0.131. The summed E-state index contributed by atoms with van der Waals surface area (Å²) in [4.78, 5) is 30.1. The fraction of sp³-hybridized carbons (Fsp3) is 0.188. The summed E-state index contributed by atoms with van der Waals surface area (Å²) in [6, 6.07) is 7.70. The number of amides is 1. The van der Waals surface area contributed by atoms with Crippen molar-refractivity contribution < 1.29 is 14.7 Å². The van der Waals surface area contributed by atoms with Gasteiger partial charge in [0.25, 0.3) is 5.91 Å². The van der Waals surface area contributed by atoms with Crippen molar-refractivity contribution in [3.8, 4) is 0 Å². The van der Waals surface area contributed by atoms with E-state index < -0.39 is 5.97 Å². The van der Waals surface area contributed by atoms with E-state index in [0.29, 0.717) is 5.84 Å². The molecule has 1 aliphatic heterocycles. The van der Waals surface area contributed by atoms with Crippen LogP contribution in [-0.4, -0.2) is 48.9 Å². The second-order valence-electron chi connectivity index (χ2n) is 5.02. The molecule has 0 saturated heterocycles. The minimum absolute atomic E-state index is 0.262. The van der Waals surface area contributed by atoms with Crippen LogP contribution < -0.4 is 4.90 Å². The molecule has 114 valence electrons. The van der Waals surface area contributed by atoms with E-state index in [-0.39, 0.29) is 11.6 Å². The van der Waals surface area contributed by atoms with E-state index >= 15 is 0 Å². The van der Waals surface area contributed by atoms with Crippen LogP contribution in [0.4, 0.5) is 5.69 Å². The van der Waals surface area contributed by atoms with Gasteiger partial charge in [-0.25, -0.2) is 9.79 Å². The standard InChI is InChI=1S/C16H17N3O3/c1-18(2)12-6-4-11(5-7-12)10-13-16(22)19(3)14(17-13)8-9-15(20)21/h4-10H,1-3H3,(H,20,21)/b9-8+,13-10-. The van der Waals surface area contributed by atoms with Crippen molar-refractivity contribution in [2.75, 3.05) is 26.0 Å². The Morgan fingerprint density at radius 2 is 1.91 bits per heavy atom. The molecule has 6 nitrogen and oxygen atoms in total. The van der Waals surface area contributed by atoms with Gasteiger partial charge >= 0.3 is 5.97 Å². The number of hydrogen-bond donors (Lipinski definition) is 1. The fourth-order valence-corrected chi connectivity index (χ4v) is 1.94. The average molecular weight is 299 g/mol. The molecule has 0 unspecified atom stereocenters. The summed E-state index contributed by atoms with van der Waals surface area (Å²) < 4.78 is 0. The van der Waals surface area contributed by atoms with Gasteiger partial charge in [-0.2, -0.15) is 0 Å². The molecule has 1 N–H and O–H groups in total. The summed E-state index contributed by atoms with van der Waals surface area (Å²) in [7, 11) is 5.46. The van der Waals surface area contributed by atoms with E-state index in [1.807, 2.05) is 43.3 Å². The van der Waals surface area contributed by atoms with E-state index in [2.05, 4.69) is 4.99 Å². The zero-order valence-corrected chi connectivity index (χ0v) is 12.6. The molecule has 0 radical (unpaired) electrons. The SMILES string of the molecule is CN1C(=O)/C(=C/c2ccc(N(C)C)cc2)N=C1/C=C/C(=O)O. The van der Waals surface area contributed by atoms with E-state index in [0.717, 1.165) is 17.3 Å². The highest BCUT2D eigenvalue weighted by Gasteiger charge is 2.25. The van der Waals surface area contributed by atoms with Crippen molar-refractivity contribution in [2.45, 2.75) is 0 Å². The first kappa shape index (κ1) is 15.5. The molecule has 0 atom stereocenters. The Labute approximate surface area is 128 Å². The highest BCUT2D eigenvalue weighted by molar-refractivity contribution is 6.18. The molecule has 0 fully saturated rings. The largest absolute Gasteiger partial charge is 0.478 e. The highest BCUT2D eigenvalue weighted by Crippen LogP contribution is 2.19. The third kappa shape index (κ3) is 3.41. The summed E-state index contributed by atoms with van der Waals surface area (Å²) in [5.41, 5.74) is 2.20. The van der Waals surface area contributed by atoms with Gasteiger partial charge in [0, 0.05) is 32.9 Å². The number of aliphatic imine (C=N–C) groups is 1. The molecule has 1 aromatic rings. The second-order valence-corrected chi connectivity index (χ2v) is 5.02. The number of amidine groups is 1. The van der Waals surface area contributed by atoms with Crippen LogP contribution in [0.5, 0.6) is 0 Å². The van der Waals surface area contributed by atoms with Crippen molar-refractivity contribution >= 4 is 29.5 Å². The topological polar surface area (TPSA) is 73.2 Å². The number of hydrogen-bond acceptors (Lipinski definition) is 4. The predicted octanol–water partition coefficient (Wildman–Crippen LogP) is 1.60. The normalized spacial score (nSPS) is 16.5. The molecule has 1 aliphatic rings. The van der Waals surface area contributed by atoms with Crippen molar-refractivity contribution in [1.29, 1.82) is 0 Å². The van der Waals surface area contributed by atoms with E-state index in [1.165, 1.54) is 11.0 Å². The van der Waals surface area contributed by atoms with Crippen molar-refractivity contribution in [3.63, 3.8) is 0 Å². The van der Waals surface area contributed by atoms with Gasteiger partial charge in [-0.05, 0) is 29.8 Å². The Balaban J connectivity index is 2.27. The van der Waals surface area contributed by atoms with Crippen molar-refractivity contribution in [3.05, 3.63) is 47.7 Å². The lowest BCUT2D eigenvalue weighted by Gasteiger charge is -2.11. The van der Waals surface area contributed by atoms with Gasteiger partial charge in [-0.3, -0.25) is 9.69 Å². The van der Waals surface area contributed by atoms with Gasteiger partial charge in [0.1, 0.15) is 11.5 Å². The molecule has 1 amide bonds. The molecule has 1 aromatic carbocycles. The number of carboxylic acids is 1. The summed E-state index contributed by atoms with van der Waals surface area (Å²) in [5, 5.41) is 8.63. The van der Waals surface area contributed by atoms with Crippen LogP contribution in [-0.2, 0) is 9.59 Å². The van der Waals surface area contributed by atoms with Gasteiger partial charge in [0.2, 0.25) is 0 Å². The van der Waals surface area contributed by atoms with E-state index in [1.54, 1.807) is 13.1 Å². The number of likely N-dealkylation sites (N-methyl/N-ethyl adjacent to an activating group) is 1. The number of carboxylic acid groups (broad SMARTS) is 1. The molecule has 22 heavy (non-hydrogen) atoms. The van der Waals surface area contributed by atoms with Crippen LogP contribution in [0.1, 0.15) is 5.56 Å². The molecule has 0 saturated carbocycles. The second kappa shape index (κ2) is 6.26. The summed E-state index contributed by atoms with van der Waals surface area (Å²) in [5.74, 6) is -1.04. The molecule has 0 spiro atoms. The number of nitrogens with zero attached hydrogens (tertiary/aromatic N) is 3. The molecule has 1 heterocycles. The number of carbonyl (C=O) groups excluding carboxylic acids is 1. The smallest absolute Gasteiger partial charge is 0.328 e. The minimum atomic E-state index is -1.08.